The van der Waals surface area contributed by atoms with Gasteiger partial charge in [0.25, 0.3) is 5.91 Å². The third-order valence-corrected chi connectivity index (χ3v) is 7.62. The van der Waals surface area contributed by atoms with E-state index in [0.29, 0.717) is 12.2 Å². The fourth-order valence-corrected chi connectivity index (χ4v) is 5.76. The molecule has 0 aliphatic carbocycles. The summed E-state index contributed by atoms with van der Waals surface area (Å²) in [6.07, 6.45) is 5.68. The number of nitrogens with one attached hydrogen (secondary N) is 1. The number of anilines is 2. The first-order chi connectivity index (χ1) is 18.2. The van der Waals surface area contributed by atoms with E-state index in [9.17, 15) is 9.59 Å². The lowest BCUT2D eigenvalue weighted by molar-refractivity contribution is 0.0984. The van der Waals surface area contributed by atoms with Crippen LogP contribution < -0.4 is 15.5 Å². The van der Waals surface area contributed by atoms with Crippen LogP contribution in [0.25, 0.3) is 21.9 Å². The molecular formula is C28H25N7O2. The van der Waals surface area contributed by atoms with Crippen molar-refractivity contribution in [2.24, 2.45) is 0 Å². The summed E-state index contributed by atoms with van der Waals surface area (Å²) >= 11 is 0. The molecule has 0 spiro atoms. The van der Waals surface area contributed by atoms with Crippen molar-refractivity contribution in [1.29, 1.82) is 0 Å². The first-order valence-corrected chi connectivity index (χ1v) is 12.6. The van der Waals surface area contributed by atoms with Gasteiger partial charge in [0, 0.05) is 42.8 Å². The lowest BCUT2D eigenvalue weighted by Crippen LogP contribution is -2.37. The van der Waals surface area contributed by atoms with Gasteiger partial charge in [-0.2, -0.15) is 0 Å². The summed E-state index contributed by atoms with van der Waals surface area (Å²) < 4.78 is 1.85. The molecule has 1 amide bonds. The van der Waals surface area contributed by atoms with Crippen LogP contribution >= 0.6 is 0 Å². The van der Waals surface area contributed by atoms with Crippen molar-refractivity contribution in [2.45, 2.75) is 25.3 Å². The maximum Gasteiger partial charge on any atom is 0.326 e. The molecule has 184 valence electrons. The average Bonchev–Trinajstić information content (AvgIpc) is 3.53. The summed E-state index contributed by atoms with van der Waals surface area (Å²) in [5.74, 6) is 0.636. The van der Waals surface area contributed by atoms with Gasteiger partial charge in [0.2, 0.25) is 0 Å². The van der Waals surface area contributed by atoms with Gasteiger partial charge in [0.15, 0.2) is 0 Å². The smallest absolute Gasteiger partial charge is 0.326 e. The van der Waals surface area contributed by atoms with E-state index in [2.05, 4.69) is 30.9 Å². The highest BCUT2D eigenvalue weighted by Crippen LogP contribution is 2.31. The number of aromatic nitrogens is 5. The lowest BCUT2D eigenvalue weighted by atomic mass is 10.0. The van der Waals surface area contributed by atoms with E-state index in [4.69, 9.17) is 0 Å². The summed E-state index contributed by atoms with van der Waals surface area (Å²) in [7, 11) is 0. The molecule has 5 aromatic rings. The number of rotatable bonds is 3. The number of pyridine rings is 1. The number of benzene rings is 2. The van der Waals surface area contributed by atoms with Gasteiger partial charge in [-0.3, -0.25) is 14.3 Å². The van der Waals surface area contributed by atoms with Crippen molar-refractivity contribution in [3.8, 4) is 0 Å². The largest absolute Gasteiger partial charge is 0.356 e. The molecule has 1 N–H and O–H groups in total. The lowest BCUT2D eigenvalue weighted by Gasteiger charge is -2.33. The Morgan fingerprint density at radius 1 is 0.946 bits per heavy atom. The highest BCUT2D eigenvalue weighted by atomic mass is 16.2. The zero-order valence-corrected chi connectivity index (χ0v) is 20.2. The summed E-state index contributed by atoms with van der Waals surface area (Å²) in [5.41, 5.74) is 4.97. The molecule has 0 saturated carbocycles. The minimum atomic E-state index is -0.104. The molecule has 3 aromatic heterocycles. The van der Waals surface area contributed by atoms with E-state index in [1.165, 1.54) is 11.9 Å². The number of para-hydroxylation sites is 2. The molecule has 2 aliphatic heterocycles. The van der Waals surface area contributed by atoms with Gasteiger partial charge >= 0.3 is 5.69 Å². The van der Waals surface area contributed by atoms with Crippen molar-refractivity contribution in [3.05, 3.63) is 88.9 Å². The Morgan fingerprint density at radius 3 is 2.65 bits per heavy atom. The topological polar surface area (TPSA) is 100 Å². The Bertz CT molecular complexity index is 1720. The number of carbonyl (C=O) groups is 1. The Kier molecular flexibility index (Phi) is 5.02. The number of hydrogen-bond acceptors (Lipinski definition) is 6. The van der Waals surface area contributed by atoms with Crippen LogP contribution in [0.4, 0.5) is 11.5 Å². The van der Waals surface area contributed by atoms with Gasteiger partial charge in [-0.25, -0.2) is 14.8 Å². The predicted molar refractivity (Wildman–Crippen MR) is 142 cm³/mol. The molecule has 37 heavy (non-hydrogen) atoms. The second-order valence-corrected chi connectivity index (χ2v) is 9.65. The molecule has 2 aromatic carbocycles. The van der Waals surface area contributed by atoms with E-state index in [0.717, 1.165) is 65.8 Å². The SMILES string of the molecule is O=C(c1cc(N2CCC(n3c(=O)[nH]c4c5ccccc5ncc43)CC2)ncn1)N1CCc2ccccc21. The molecule has 0 atom stereocenters. The molecule has 0 unspecified atom stereocenters. The fraction of sp³-hybridized carbons (Fsp3) is 0.250. The number of carbonyl (C=O) groups excluding carboxylic acids is 1. The van der Waals surface area contributed by atoms with Crippen molar-refractivity contribution in [3.63, 3.8) is 0 Å². The van der Waals surface area contributed by atoms with E-state index < -0.39 is 0 Å². The normalized spacial score (nSPS) is 16.0. The van der Waals surface area contributed by atoms with Gasteiger partial charge in [-0.15, -0.1) is 0 Å². The second kappa shape index (κ2) is 8.55. The molecule has 1 saturated heterocycles. The van der Waals surface area contributed by atoms with E-state index in [-0.39, 0.29) is 17.6 Å². The molecule has 9 heteroatoms. The molecule has 0 radical (unpaired) electrons. The summed E-state index contributed by atoms with van der Waals surface area (Å²) in [5, 5.41) is 0.951. The van der Waals surface area contributed by atoms with Gasteiger partial charge < -0.3 is 14.8 Å². The number of aromatic amines is 1. The summed E-state index contributed by atoms with van der Waals surface area (Å²) in [6, 6.07) is 17.7. The third-order valence-electron chi connectivity index (χ3n) is 7.62. The van der Waals surface area contributed by atoms with Crippen LogP contribution in [0.5, 0.6) is 0 Å². The van der Waals surface area contributed by atoms with Crippen LogP contribution in [0, 0.1) is 0 Å². The number of H-pyrrole nitrogens is 1. The van der Waals surface area contributed by atoms with Crippen LogP contribution in [-0.4, -0.2) is 50.0 Å². The number of nitrogens with zero attached hydrogens (tertiary/aromatic N) is 6. The van der Waals surface area contributed by atoms with E-state index in [1.807, 2.05) is 47.0 Å². The van der Waals surface area contributed by atoms with Gasteiger partial charge in [-0.05, 0) is 37.0 Å². The van der Waals surface area contributed by atoms with Crippen LogP contribution in [0.2, 0.25) is 0 Å². The van der Waals surface area contributed by atoms with Gasteiger partial charge in [0.05, 0.1) is 22.7 Å². The monoisotopic (exact) mass is 491 g/mol. The summed E-state index contributed by atoms with van der Waals surface area (Å²) in [6.45, 7) is 2.11. The summed E-state index contributed by atoms with van der Waals surface area (Å²) in [4.78, 5) is 46.6. The molecule has 2 aliphatic rings. The number of fused-ring (bicyclic) bond motifs is 4. The Balaban J connectivity index is 1.11. The number of hydrogen-bond donors (Lipinski definition) is 1. The zero-order chi connectivity index (χ0) is 24.9. The standard InChI is InChI=1S/C28H25N7O2/c36-27(34-14-9-18-5-1-4-8-23(18)34)22-15-25(31-17-30-22)33-12-10-19(11-13-33)35-24-16-29-21-7-3-2-6-20(21)26(24)32-28(35)37/h1-8,15-17,19H,9-14H2,(H,32,37). The van der Waals surface area contributed by atoms with E-state index >= 15 is 0 Å². The average molecular weight is 492 g/mol. The van der Waals surface area contributed by atoms with Crippen LogP contribution in [0.15, 0.2) is 71.9 Å². The van der Waals surface area contributed by atoms with Crippen molar-refractivity contribution < 1.29 is 4.79 Å². The zero-order valence-electron chi connectivity index (χ0n) is 20.2. The quantitative estimate of drug-likeness (QED) is 0.413. The maximum absolute atomic E-state index is 13.3. The van der Waals surface area contributed by atoms with Crippen molar-refractivity contribution in [2.75, 3.05) is 29.4 Å². The molecule has 7 rings (SSSR count). The highest BCUT2D eigenvalue weighted by Gasteiger charge is 2.28. The molecule has 0 bridgehead atoms. The minimum absolute atomic E-state index is 0.0597. The third kappa shape index (κ3) is 3.57. The first-order valence-electron chi connectivity index (χ1n) is 12.6. The fourth-order valence-electron chi connectivity index (χ4n) is 5.76. The second-order valence-electron chi connectivity index (χ2n) is 9.65. The van der Waals surface area contributed by atoms with E-state index in [1.54, 1.807) is 17.2 Å². The Hall–Kier alpha value is -4.53. The van der Waals surface area contributed by atoms with Crippen LogP contribution in [-0.2, 0) is 6.42 Å². The molecule has 1 fully saturated rings. The van der Waals surface area contributed by atoms with Gasteiger partial charge in [0.1, 0.15) is 17.8 Å². The molecule has 5 heterocycles. The predicted octanol–water partition coefficient (Wildman–Crippen LogP) is 3.71. The van der Waals surface area contributed by atoms with Crippen LogP contribution in [0.1, 0.15) is 34.9 Å². The Morgan fingerprint density at radius 2 is 1.76 bits per heavy atom. The first kappa shape index (κ1) is 21.7. The van der Waals surface area contributed by atoms with Gasteiger partial charge in [-0.1, -0.05) is 36.4 Å². The Labute approximate surface area is 212 Å². The number of piperidine rings is 1. The molecule has 9 nitrogen and oxygen atoms in total. The van der Waals surface area contributed by atoms with Crippen molar-refractivity contribution in [1.82, 2.24) is 24.5 Å². The number of amides is 1. The van der Waals surface area contributed by atoms with Crippen molar-refractivity contribution >= 4 is 39.3 Å². The molecular weight excluding hydrogens is 466 g/mol. The minimum Gasteiger partial charge on any atom is -0.356 e. The van der Waals surface area contributed by atoms with Crippen LogP contribution in [0.3, 0.4) is 0 Å². The maximum atomic E-state index is 13.3. The number of imidazole rings is 1. The highest BCUT2D eigenvalue weighted by molar-refractivity contribution is 6.06.